The van der Waals surface area contributed by atoms with Crippen molar-refractivity contribution in [3.05, 3.63) is 0 Å². The molecule has 0 saturated carbocycles. The maximum absolute atomic E-state index is 11.8. The van der Waals surface area contributed by atoms with Crippen molar-refractivity contribution in [2.45, 2.75) is 26.7 Å². The van der Waals surface area contributed by atoms with Crippen molar-refractivity contribution in [3.8, 4) is 0 Å². The maximum Gasteiger partial charge on any atom is 0.243 e. The van der Waals surface area contributed by atoms with E-state index in [0.29, 0.717) is 6.42 Å². The molecule has 0 aromatic heterocycles. The van der Waals surface area contributed by atoms with E-state index >= 15 is 0 Å². The highest BCUT2D eigenvalue weighted by molar-refractivity contribution is 7.80. The molecule has 0 aliphatic carbocycles. The molecule has 0 aromatic carbocycles. The number of carbonyl (C=O) groups is 2. The van der Waals surface area contributed by atoms with Crippen molar-refractivity contribution in [1.29, 1.82) is 0 Å². The maximum atomic E-state index is 11.8. The van der Waals surface area contributed by atoms with Crippen LogP contribution in [0.1, 0.15) is 26.7 Å². The van der Waals surface area contributed by atoms with Gasteiger partial charge in [-0.25, -0.2) is 0 Å². The summed E-state index contributed by atoms with van der Waals surface area (Å²) >= 11 is 4.84. The molecule has 0 spiro atoms. The van der Waals surface area contributed by atoms with Crippen molar-refractivity contribution in [3.63, 3.8) is 0 Å². The molecule has 1 heterocycles. The van der Waals surface area contributed by atoms with Gasteiger partial charge in [0, 0.05) is 7.05 Å². The van der Waals surface area contributed by atoms with E-state index < -0.39 is 5.41 Å². The second-order valence-electron chi connectivity index (χ2n) is 3.71. The first kappa shape index (κ1) is 11.1. The quantitative estimate of drug-likeness (QED) is 0.543. The first-order valence-electron chi connectivity index (χ1n) is 4.57. The van der Waals surface area contributed by atoms with E-state index in [-0.39, 0.29) is 16.9 Å². The number of nitrogens with one attached hydrogen (secondary N) is 1. The topological polar surface area (TPSA) is 49.4 Å². The van der Waals surface area contributed by atoms with Gasteiger partial charge in [0.05, 0.1) is 0 Å². The van der Waals surface area contributed by atoms with E-state index in [2.05, 4.69) is 5.32 Å². The molecule has 1 saturated heterocycles. The first-order chi connectivity index (χ1) is 6.43. The first-order valence-corrected chi connectivity index (χ1v) is 4.98. The number of nitrogens with zero attached hydrogens (tertiary/aromatic N) is 1. The Morgan fingerprint density at radius 3 is 2.57 bits per heavy atom. The zero-order chi connectivity index (χ0) is 10.9. The van der Waals surface area contributed by atoms with Gasteiger partial charge < -0.3 is 5.32 Å². The average molecular weight is 214 g/mol. The van der Waals surface area contributed by atoms with Crippen LogP contribution in [0.5, 0.6) is 0 Å². The van der Waals surface area contributed by atoms with Crippen LogP contribution in [-0.4, -0.2) is 28.9 Å². The van der Waals surface area contributed by atoms with Crippen molar-refractivity contribution < 1.29 is 9.59 Å². The summed E-state index contributed by atoms with van der Waals surface area (Å²) < 4.78 is 0. The van der Waals surface area contributed by atoms with Crippen molar-refractivity contribution >= 4 is 29.1 Å². The summed E-state index contributed by atoms with van der Waals surface area (Å²) in [6, 6.07) is 0. The van der Waals surface area contributed by atoms with Crippen LogP contribution < -0.4 is 5.32 Å². The van der Waals surface area contributed by atoms with Gasteiger partial charge in [-0.1, -0.05) is 13.3 Å². The minimum absolute atomic E-state index is 0.188. The largest absolute Gasteiger partial charge is 0.302 e. The third-order valence-electron chi connectivity index (χ3n) is 2.55. The van der Waals surface area contributed by atoms with E-state index in [9.17, 15) is 9.59 Å². The Kier molecular flexibility index (Phi) is 2.89. The van der Waals surface area contributed by atoms with Gasteiger partial charge in [0.1, 0.15) is 5.41 Å². The summed E-state index contributed by atoms with van der Waals surface area (Å²) in [6.07, 6.45) is 1.33. The molecule has 1 N–H and O–H groups in total. The lowest BCUT2D eigenvalue weighted by Crippen LogP contribution is -2.61. The van der Waals surface area contributed by atoms with Crippen LogP contribution in [0.25, 0.3) is 0 Å². The molecule has 1 fully saturated rings. The summed E-state index contributed by atoms with van der Waals surface area (Å²) in [4.78, 5) is 24.8. The van der Waals surface area contributed by atoms with E-state index in [4.69, 9.17) is 12.2 Å². The summed E-state index contributed by atoms with van der Waals surface area (Å²) in [5, 5.41) is 2.72. The van der Waals surface area contributed by atoms with Crippen LogP contribution >= 0.6 is 12.2 Å². The Morgan fingerprint density at radius 1 is 1.50 bits per heavy atom. The fraction of sp³-hybridized carbons (Fsp3) is 0.667. The molecule has 0 bridgehead atoms. The minimum atomic E-state index is -0.953. The van der Waals surface area contributed by atoms with Crippen LogP contribution in [0.4, 0.5) is 0 Å². The Bertz CT molecular complexity index is 303. The molecule has 5 heteroatoms. The monoisotopic (exact) mass is 214 g/mol. The molecule has 4 nitrogen and oxygen atoms in total. The number of hydrogen-bond donors (Lipinski definition) is 1. The molecule has 1 rings (SSSR count). The van der Waals surface area contributed by atoms with Crippen molar-refractivity contribution in [1.82, 2.24) is 10.2 Å². The summed E-state index contributed by atoms with van der Waals surface area (Å²) in [5.74, 6) is -0.499. The smallest absolute Gasteiger partial charge is 0.243 e. The van der Waals surface area contributed by atoms with E-state index in [1.807, 2.05) is 6.92 Å². The zero-order valence-corrected chi connectivity index (χ0v) is 9.40. The normalized spacial score (nSPS) is 27.9. The minimum Gasteiger partial charge on any atom is -0.302 e. The molecule has 78 valence electrons. The predicted octanol–water partition coefficient (Wildman–Crippen LogP) is 0.666. The van der Waals surface area contributed by atoms with Gasteiger partial charge in [-0.15, -0.1) is 0 Å². The van der Waals surface area contributed by atoms with Crippen LogP contribution in [0, 0.1) is 5.41 Å². The Hall–Kier alpha value is -0.970. The third-order valence-corrected chi connectivity index (χ3v) is 2.93. The number of thiocarbonyl (C=S) groups is 1. The second kappa shape index (κ2) is 3.65. The fourth-order valence-corrected chi connectivity index (χ4v) is 1.77. The van der Waals surface area contributed by atoms with Crippen LogP contribution in [-0.2, 0) is 9.59 Å². The van der Waals surface area contributed by atoms with Crippen LogP contribution in [0.2, 0.25) is 0 Å². The Balaban J connectivity index is 3.00. The molecule has 0 aromatic rings. The van der Waals surface area contributed by atoms with Gasteiger partial charge in [-0.05, 0) is 25.6 Å². The van der Waals surface area contributed by atoms with Gasteiger partial charge in [0.2, 0.25) is 11.8 Å². The highest BCUT2D eigenvalue weighted by Gasteiger charge is 2.46. The van der Waals surface area contributed by atoms with Crippen molar-refractivity contribution in [2.24, 2.45) is 5.41 Å². The summed E-state index contributed by atoms with van der Waals surface area (Å²) in [6.45, 7) is 3.60. The number of carbonyl (C=O) groups excluding carboxylic acids is 2. The standard InChI is InChI=1S/C9H14N2O2S/c1-4-5-9(2)6(12)10-8(14)11(3)7(9)13/h4-5H2,1-3H3,(H,10,12,14). The van der Waals surface area contributed by atoms with E-state index in [1.165, 1.54) is 4.90 Å². The average Bonchev–Trinajstić information content (AvgIpc) is 2.13. The lowest BCUT2D eigenvalue weighted by molar-refractivity contribution is -0.148. The van der Waals surface area contributed by atoms with Crippen molar-refractivity contribution in [2.75, 3.05) is 7.05 Å². The van der Waals surface area contributed by atoms with Crippen LogP contribution in [0.15, 0.2) is 0 Å². The SMILES string of the molecule is CCCC1(C)C(=O)NC(=S)N(C)C1=O. The molecule has 0 radical (unpaired) electrons. The summed E-state index contributed by atoms with van der Waals surface area (Å²) in [5.41, 5.74) is -0.953. The Labute approximate surface area is 88.6 Å². The molecule has 1 atom stereocenters. The molecular weight excluding hydrogens is 200 g/mol. The number of hydrogen-bond acceptors (Lipinski definition) is 3. The second-order valence-corrected chi connectivity index (χ2v) is 4.09. The molecular formula is C9H14N2O2S. The molecule has 1 aliphatic rings. The predicted molar refractivity (Wildman–Crippen MR) is 56.5 cm³/mol. The summed E-state index contributed by atoms with van der Waals surface area (Å²) in [7, 11) is 1.58. The fourth-order valence-electron chi connectivity index (χ4n) is 1.60. The Morgan fingerprint density at radius 2 is 2.07 bits per heavy atom. The highest BCUT2D eigenvalue weighted by atomic mass is 32.1. The number of rotatable bonds is 2. The number of amides is 2. The van der Waals surface area contributed by atoms with Gasteiger partial charge in [0.15, 0.2) is 5.11 Å². The van der Waals surface area contributed by atoms with Gasteiger partial charge in [-0.3, -0.25) is 14.5 Å². The van der Waals surface area contributed by atoms with Crippen LogP contribution in [0.3, 0.4) is 0 Å². The van der Waals surface area contributed by atoms with E-state index in [0.717, 1.165) is 6.42 Å². The molecule has 2 amide bonds. The molecule has 1 aliphatic heterocycles. The van der Waals surface area contributed by atoms with Gasteiger partial charge >= 0.3 is 0 Å². The molecule has 1 unspecified atom stereocenters. The van der Waals surface area contributed by atoms with Gasteiger partial charge in [-0.2, -0.15) is 0 Å². The molecule has 14 heavy (non-hydrogen) atoms. The van der Waals surface area contributed by atoms with E-state index in [1.54, 1.807) is 14.0 Å². The van der Waals surface area contributed by atoms with Gasteiger partial charge in [0.25, 0.3) is 0 Å². The lowest BCUT2D eigenvalue weighted by atomic mass is 9.82. The lowest BCUT2D eigenvalue weighted by Gasteiger charge is -2.36. The third kappa shape index (κ3) is 1.52. The zero-order valence-electron chi connectivity index (χ0n) is 8.59. The highest BCUT2D eigenvalue weighted by Crippen LogP contribution is 2.28.